The van der Waals surface area contributed by atoms with Crippen molar-refractivity contribution in [2.24, 2.45) is 5.41 Å². The molecule has 7 nitrogen and oxygen atoms in total. The van der Waals surface area contributed by atoms with Crippen molar-refractivity contribution in [3.8, 4) is 0 Å². The number of aliphatic hydroxyl groups is 1. The number of rotatable bonds is 2. The van der Waals surface area contributed by atoms with Crippen LogP contribution in [-0.4, -0.2) is 63.1 Å². The van der Waals surface area contributed by atoms with Crippen LogP contribution in [0, 0.1) is 19.3 Å². The number of likely N-dealkylation sites (tertiary alicyclic amines) is 1. The maximum Gasteiger partial charge on any atom is 0.265 e. The van der Waals surface area contributed by atoms with Crippen LogP contribution in [0.3, 0.4) is 0 Å². The molecule has 2 aromatic rings. The summed E-state index contributed by atoms with van der Waals surface area (Å²) in [5, 5.41) is 11.4. The molecule has 1 amide bonds. The predicted molar refractivity (Wildman–Crippen MR) is 104 cm³/mol. The molecular formula is C19H25N5O2S. The highest BCUT2D eigenvalue weighted by molar-refractivity contribution is 7.13. The molecule has 1 atom stereocenters. The van der Waals surface area contributed by atoms with Crippen molar-refractivity contribution in [2.45, 2.75) is 39.2 Å². The van der Waals surface area contributed by atoms with E-state index < -0.39 is 0 Å². The lowest BCUT2D eigenvalue weighted by Crippen LogP contribution is -2.54. The molecule has 2 saturated heterocycles. The lowest BCUT2D eigenvalue weighted by molar-refractivity contribution is 0.0248. The second kappa shape index (κ2) is 7.16. The van der Waals surface area contributed by atoms with Crippen LogP contribution in [0.4, 0.5) is 5.82 Å². The number of aliphatic hydroxyl groups excluding tert-OH is 1. The van der Waals surface area contributed by atoms with Gasteiger partial charge in [0.15, 0.2) is 0 Å². The zero-order valence-electron chi connectivity index (χ0n) is 15.8. The normalized spacial score (nSPS) is 22.3. The summed E-state index contributed by atoms with van der Waals surface area (Å²) in [6.07, 6.45) is 7.28. The van der Waals surface area contributed by atoms with Crippen LogP contribution in [0.1, 0.15) is 39.6 Å². The maximum absolute atomic E-state index is 12.9. The fourth-order valence-electron chi connectivity index (χ4n) is 4.40. The third-order valence-electron chi connectivity index (χ3n) is 5.71. The fraction of sp³-hybridized carbons (Fsp3) is 0.579. The molecule has 1 spiro atoms. The van der Waals surface area contributed by atoms with Crippen molar-refractivity contribution in [3.63, 3.8) is 0 Å². The molecule has 0 radical (unpaired) electrons. The molecule has 2 aromatic heterocycles. The standard InChI is InChI=1S/C19H25N5O2S/c1-13-17(27-14(2)22-13)18(26)23-7-3-19(4-8-23)9-15(25)11-24(12-19)16-10-20-5-6-21-16/h5-6,10,15,25H,3-4,7-9,11-12H2,1-2H3. The van der Waals surface area contributed by atoms with Crippen molar-refractivity contribution in [1.82, 2.24) is 19.9 Å². The second-order valence-corrected chi connectivity index (χ2v) is 8.94. The summed E-state index contributed by atoms with van der Waals surface area (Å²) in [6, 6.07) is 0. The molecule has 2 fully saturated rings. The Labute approximate surface area is 163 Å². The van der Waals surface area contributed by atoms with E-state index in [1.807, 2.05) is 18.7 Å². The van der Waals surface area contributed by atoms with Crippen LogP contribution in [0.5, 0.6) is 0 Å². The highest BCUT2D eigenvalue weighted by Gasteiger charge is 2.43. The molecule has 1 N–H and O–H groups in total. The largest absolute Gasteiger partial charge is 0.391 e. The SMILES string of the molecule is Cc1nc(C)c(C(=O)N2CCC3(CC2)CC(O)CN(c2cnccn2)C3)s1. The number of thiazole rings is 1. The molecule has 0 aliphatic carbocycles. The van der Waals surface area contributed by atoms with Crippen molar-refractivity contribution in [2.75, 3.05) is 31.1 Å². The monoisotopic (exact) mass is 387 g/mol. The van der Waals surface area contributed by atoms with Gasteiger partial charge in [-0.25, -0.2) is 9.97 Å². The van der Waals surface area contributed by atoms with E-state index in [0.29, 0.717) is 6.54 Å². The van der Waals surface area contributed by atoms with E-state index in [1.165, 1.54) is 11.3 Å². The second-order valence-electron chi connectivity index (χ2n) is 7.74. The van der Waals surface area contributed by atoms with Gasteiger partial charge in [0.1, 0.15) is 10.7 Å². The zero-order valence-corrected chi connectivity index (χ0v) is 16.6. The Bertz CT molecular complexity index is 817. The van der Waals surface area contributed by atoms with Gasteiger partial charge in [-0.3, -0.25) is 9.78 Å². The molecule has 144 valence electrons. The Morgan fingerprint density at radius 3 is 2.70 bits per heavy atom. The first-order valence-corrected chi connectivity index (χ1v) is 10.2. The summed E-state index contributed by atoms with van der Waals surface area (Å²) in [6.45, 7) is 6.71. The number of nitrogens with zero attached hydrogens (tertiary/aromatic N) is 5. The van der Waals surface area contributed by atoms with Gasteiger partial charge < -0.3 is 14.9 Å². The smallest absolute Gasteiger partial charge is 0.265 e. The number of aryl methyl sites for hydroxylation is 2. The minimum Gasteiger partial charge on any atom is -0.391 e. The van der Waals surface area contributed by atoms with E-state index in [0.717, 1.165) is 60.3 Å². The molecule has 1 unspecified atom stereocenters. The third kappa shape index (κ3) is 3.68. The number of anilines is 1. The van der Waals surface area contributed by atoms with Gasteiger partial charge in [-0.1, -0.05) is 0 Å². The van der Waals surface area contributed by atoms with Gasteiger partial charge in [-0.15, -0.1) is 11.3 Å². The Morgan fingerprint density at radius 1 is 1.30 bits per heavy atom. The molecule has 4 heterocycles. The van der Waals surface area contributed by atoms with E-state index >= 15 is 0 Å². The molecule has 4 rings (SSSR count). The summed E-state index contributed by atoms with van der Waals surface area (Å²) in [4.78, 5) is 30.6. The Hall–Kier alpha value is -2.06. The van der Waals surface area contributed by atoms with Gasteiger partial charge in [0.2, 0.25) is 0 Å². The van der Waals surface area contributed by atoms with Crippen LogP contribution >= 0.6 is 11.3 Å². The highest BCUT2D eigenvalue weighted by atomic mass is 32.1. The number of piperidine rings is 2. The minimum atomic E-state index is -0.380. The number of hydrogen-bond acceptors (Lipinski definition) is 7. The van der Waals surface area contributed by atoms with Crippen molar-refractivity contribution in [1.29, 1.82) is 0 Å². The first-order chi connectivity index (χ1) is 13.0. The Kier molecular flexibility index (Phi) is 4.86. The van der Waals surface area contributed by atoms with Gasteiger partial charge in [0.05, 0.1) is 23.0 Å². The first-order valence-electron chi connectivity index (χ1n) is 9.38. The van der Waals surface area contributed by atoms with E-state index in [-0.39, 0.29) is 17.4 Å². The van der Waals surface area contributed by atoms with Gasteiger partial charge in [0.25, 0.3) is 5.91 Å². The quantitative estimate of drug-likeness (QED) is 0.849. The molecule has 0 saturated carbocycles. The highest BCUT2D eigenvalue weighted by Crippen LogP contribution is 2.41. The van der Waals surface area contributed by atoms with E-state index in [9.17, 15) is 9.90 Å². The number of β-amino-alcohol motifs (C(OH)–C–C–N with tert-alkyl or cyclic N) is 1. The predicted octanol–water partition coefficient (Wildman–Crippen LogP) is 2.04. The van der Waals surface area contributed by atoms with E-state index in [2.05, 4.69) is 19.9 Å². The van der Waals surface area contributed by atoms with Crippen LogP contribution in [0.25, 0.3) is 0 Å². The summed E-state index contributed by atoms with van der Waals surface area (Å²) >= 11 is 1.48. The topological polar surface area (TPSA) is 82.5 Å². The molecule has 0 aromatic carbocycles. The van der Waals surface area contributed by atoms with Crippen LogP contribution < -0.4 is 4.90 Å². The van der Waals surface area contributed by atoms with Gasteiger partial charge in [0, 0.05) is 38.6 Å². The van der Waals surface area contributed by atoms with Crippen LogP contribution in [0.2, 0.25) is 0 Å². The number of carbonyl (C=O) groups is 1. The van der Waals surface area contributed by atoms with Gasteiger partial charge >= 0.3 is 0 Å². The molecular weight excluding hydrogens is 362 g/mol. The molecule has 2 aliphatic rings. The van der Waals surface area contributed by atoms with E-state index in [1.54, 1.807) is 18.6 Å². The molecule has 27 heavy (non-hydrogen) atoms. The van der Waals surface area contributed by atoms with Gasteiger partial charge in [-0.05, 0) is 38.5 Å². The van der Waals surface area contributed by atoms with Crippen LogP contribution in [0.15, 0.2) is 18.6 Å². The fourth-order valence-corrected chi connectivity index (χ4v) is 5.29. The van der Waals surface area contributed by atoms with Gasteiger partial charge in [-0.2, -0.15) is 0 Å². The summed E-state index contributed by atoms with van der Waals surface area (Å²) in [5.41, 5.74) is 0.842. The maximum atomic E-state index is 12.9. The van der Waals surface area contributed by atoms with E-state index in [4.69, 9.17) is 0 Å². The number of carbonyl (C=O) groups excluding carboxylic acids is 1. The van der Waals surface area contributed by atoms with Crippen LogP contribution in [-0.2, 0) is 0 Å². The van der Waals surface area contributed by atoms with Crippen molar-refractivity contribution < 1.29 is 9.90 Å². The number of amides is 1. The Morgan fingerprint density at radius 2 is 2.07 bits per heavy atom. The molecule has 0 bridgehead atoms. The Balaban J connectivity index is 1.45. The third-order valence-corrected chi connectivity index (χ3v) is 6.77. The molecule has 8 heteroatoms. The first kappa shape index (κ1) is 18.3. The summed E-state index contributed by atoms with van der Waals surface area (Å²) in [7, 11) is 0. The lowest BCUT2D eigenvalue weighted by atomic mass is 9.71. The summed E-state index contributed by atoms with van der Waals surface area (Å²) < 4.78 is 0. The van der Waals surface area contributed by atoms with Crippen molar-refractivity contribution >= 4 is 23.1 Å². The minimum absolute atomic E-state index is 0.0185. The average molecular weight is 388 g/mol. The summed E-state index contributed by atoms with van der Waals surface area (Å²) in [5.74, 6) is 0.903. The zero-order chi connectivity index (χ0) is 19.0. The van der Waals surface area contributed by atoms with Crippen molar-refractivity contribution in [3.05, 3.63) is 34.2 Å². The molecule has 2 aliphatic heterocycles. The number of aromatic nitrogens is 3. The number of hydrogen-bond donors (Lipinski definition) is 1. The average Bonchev–Trinajstić information content (AvgIpc) is 3.00. The lowest BCUT2D eigenvalue weighted by Gasteiger charge is -2.49.